The average molecular weight is 346 g/mol. The molecule has 0 aromatic carbocycles. The Morgan fingerprint density at radius 2 is 1.75 bits per heavy atom. The summed E-state index contributed by atoms with van der Waals surface area (Å²) in [6, 6.07) is 0. The van der Waals surface area contributed by atoms with E-state index in [2.05, 4.69) is 5.32 Å². The molecule has 0 unspecified atom stereocenters. The first-order valence-corrected chi connectivity index (χ1v) is 8.83. The average Bonchev–Trinajstić information content (AvgIpc) is 2.46. The van der Waals surface area contributed by atoms with Crippen LogP contribution in [0.5, 0.6) is 0 Å². The summed E-state index contributed by atoms with van der Waals surface area (Å²) < 4.78 is 16.3. The Hall–Kier alpha value is -0.890. The number of nitrogens with zero attached hydrogens (tertiary/aromatic N) is 1. The molecular weight excluding hydrogens is 312 g/mol. The van der Waals surface area contributed by atoms with Gasteiger partial charge in [-0.05, 0) is 47.5 Å². The van der Waals surface area contributed by atoms with Gasteiger partial charge in [-0.2, -0.15) is 0 Å². The number of carbonyl (C=O) groups excluding carboxylic acids is 1. The van der Waals surface area contributed by atoms with Crippen LogP contribution in [0, 0.1) is 0 Å². The van der Waals surface area contributed by atoms with E-state index in [1.165, 1.54) is 0 Å². The Bertz CT molecular complexity index is 370. The number of carbonyl (C=O) groups is 1. The summed E-state index contributed by atoms with van der Waals surface area (Å²) in [4.78, 5) is 13.7. The molecule has 0 spiro atoms. The molecule has 1 rings (SSSR count). The van der Waals surface area contributed by atoms with Gasteiger partial charge in [0.15, 0.2) is 6.29 Å². The highest BCUT2D eigenvalue weighted by Gasteiger charge is 2.35. The number of hydrogen-bond acceptors (Lipinski definition) is 6. The van der Waals surface area contributed by atoms with E-state index in [0.717, 1.165) is 0 Å². The second-order valence-corrected chi connectivity index (χ2v) is 7.16. The SMILES string of the molecule is CCOC(CNCC1(O)CCN(C(=O)OC(C)(C)C)CC1)OCC. The molecule has 7 heteroatoms. The normalized spacial score (nSPS) is 18.0. The number of aliphatic hydroxyl groups is 1. The Morgan fingerprint density at radius 1 is 1.21 bits per heavy atom. The van der Waals surface area contributed by atoms with Crippen LogP contribution in [0.2, 0.25) is 0 Å². The van der Waals surface area contributed by atoms with E-state index in [1.54, 1.807) is 4.90 Å². The van der Waals surface area contributed by atoms with Gasteiger partial charge in [0.2, 0.25) is 0 Å². The highest BCUT2D eigenvalue weighted by atomic mass is 16.7. The highest BCUT2D eigenvalue weighted by molar-refractivity contribution is 5.68. The van der Waals surface area contributed by atoms with Gasteiger partial charge in [-0.15, -0.1) is 0 Å². The third kappa shape index (κ3) is 7.79. The third-order valence-corrected chi connectivity index (χ3v) is 3.82. The predicted octanol–water partition coefficient (Wildman–Crippen LogP) is 1.74. The maximum atomic E-state index is 12.0. The van der Waals surface area contributed by atoms with Crippen molar-refractivity contribution in [2.75, 3.05) is 39.4 Å². The van der Waals surface area contributed by atoms with Crippen molar-refractivity contribution in [3.05, 3.63) is 0 Å². The highest BCUT2D eigenvalue weighted by Crippen LogP contribution is 2.23. The number of likely N-dealkylation sites (tertiary alicyclic amines) is 1. The van der Waals surface area contributed by atoms with Crippen molar-refractivity contribution in [1.29, 1.82) is 0 Å². The van der Waals surface area contributed by atoms with E-state index in [-0.39, 0.29) is 12.4 Å². The fraction of sp³-hybridized carbons (Fsp3) is 0.941. The van der Waals surface area contributed by atoms with Crippen LogP contribution >= 0.6 is 0 Å². The molecule has 0 radical (unpaired) electrons. The summed E-state index contributed by atoms with van der Waals surface area (Å²) in [6.45, 7) is 12.5. The third-order valence-electron chi connectivity index (χ3n) is 3.82. The summed E-state index contributed by atoms with van der Waals surface area (Å²) in [5.74, 6) is 0. The molecule has 0 aromatic rings. The largest absolute Gasteiger partial charge is 0.444 e. The maximum absolute atomic E-state index is 12.0. The molecule has 0 aliphatic carbocycles. The van der Waals surface area contributed by atoms with Crippen molar-refractivity contribution in [3.63, 3.8) is 0 Å². The van der Waals surface area contributed by atoms with Gasteiger partial charge in [-0.1, -0.05) is 0 Å². The molecule has 1 saturated heterocycles. The quantitative estimate of drug-likeness (QED) is 0.652. The van der Waals surface area contributed by atoms with Gasteiger partial charge in [0, 0.05) is 39.4 Å². The van der Waals surface area contributed by atoms with Crippen LogP contribution in [-0.2, 0) is 14.2 Å². The first kappa shape index (κ1) is 21.2. The van der Waals surface area contributed by atoms with E-state index >= 15 is 0 Å². The summed E-state index contributed by atoms with van der Waals surface area (Å²) in [5, 5.41) is 13.9. The van der Waals surface area contributed by atoms with Gasteiger partial charge >= 0.3 is 6.09 Å². The van der Waals surface area contributed by atoms with Gasteiger partial charge < -0.3 is 29.5 Å². The first-order valence-electron chi connectivity index (χ1n) is 8.83. The summed E-state index contributed by atoms with van der Waals surface area (Å²) >= 11 is 0. The summed E-state index contributed by atoms with van der Waals surface area (Å²) in [5.41, 5.74) is -1.32. The van der Waals surface area contributed by atoms with Crippen LogP contribution in [0.4, 0.5) is 4.79 Å². The number of nitrogens with one attached hydrogen (secondary N) is 1. The molecule has 142 valence electrons. The van der Waals surface area contributed by atoms with Gasteiger partial charge in [0.25, 0.3) is 0 Å². The van der Waals surface area contributed by atoms with Crippen molar-refractivity contribution >= 4 is 6.09 Å². The summed E-state index contributed by atoms with van der Waals surface area (Å²) in [6.07, 6.45) is 0.427. The van der Waals surface area contributed by atoms with Gasteiger partial charge in [0.05, 0.1) is 5.60 Å². The molecular formula is C17H34N2O5. The van der Waals surface area contributed by atoms with Gasteiger partial charge in [-0.3, -0.25) is 0 Å². The molecule has 0 bridgehead atoms. The number of hydrogen-bond donors (Lipinski definition) is 2. The molecule has 0 aromatic heterocycles. The van der Waals surface area contributed by atoms with E-state index in [4.69, 9.17) is 14.2 Å². The van der Waals surface area contributed by atoms with Crippen molar-refractivity contribution in [1.82, 2.24) is 10.2 Å². The topological polar surface area (TPSA) is 80.3 Å². The second-order valence-electron chi connectivity index (χ2n) is 7.16. The molecule has 1 aliphatic heterocycles. The van der Waals surface area contributed by atoms with Crippen LogP contribution in [0.1, 0.15) is 47.5 Å². The Labute approximate surface area is 145 Å². The summed E-state index contributed by atoms with van der Waals surface area (Å²) in [7, 11) is 0. The second kappa shape index (κ2) is 9.56. The molecule has 1 aliphatic rings. The molecule has 2 N–H and O–H groups in total. The maximum Gasteiger partial charge on any atom is 0.410 e. The minimum absolute atomic E-state index is 0.301. The lowest BCUT2D eigenvalue weighted by Crippen LogP contribution is -2.52. The van der Waals surface area contributed by atoms with Gasteiger partial charge in [0.1, 0.15) is 5.60 Å². The van der Waals surface area contributed by atoms with Crippen LogP contribution in [0.25, 0.3) is 0 Å². The van der Waals surface area contributed by atoms with Crippen molar-refractivity contribution < 1.29 is 24.1 Å². The standard InChI is InChI=1S/C17H34N2O5/c1-6-22-14(23-7-2)12-18-13-17(21)8-10-19(11-9-17)15(20)24-16(3,4)5/h14,18,21H,6-13H2,1-5H3. The Morgan fingerprint density at radius 3 is 2.21 bits per heavy atom. The smallest absolute Gasteiger partial charge is 0.410 e. The zero-order chi connectivity index (χ0) is 18.2. The number of ether oxygens (including phenoxy) is 3. The molecule has 24 heavy (non-hydrogen) atoms. The number of piperidine rings is 1. The fourth-order valence-corrected chi connectivity index (χ4v) is 2.57. The van der Waals surface area contributed by atoms with Crippen LogP contribution in [0.15, 0.2) is 0 Å². The van der Waals surface area contributed by atoms with Crippen LogP contribution in [0.3, 0.4) is 0 Å². The van der Waals surface area contributed by atoms with Crippen molar-refractivity contribution in [3.8, 4) is 0 Å². The molecule has 0 atom stereocenters. The molecule has 1 heterocycles. The monoisotopic (exact) mass is 346 g/mol. The first-order chi connectivity index (χ1) is 11.2. The zero-order valence-electron chi connectivity index (χ0n) is 15.8. The lowest BCUT2D eigenvalue weighted by molar-refractivity contribution is -0.134. The molecule has 7 nitrogen and oxygen atoms in total. The minimum Gasteiger partial charge on any atom is -0.444 e. The van der Waals surface area contributed by atoms with Crippen molar-refractivity contribution in [2.24, 2.45) is 0 Å². The van der Waals surface area contributed by atoms with Gasteiger partial charge in [-0.25, -0.2) is 4.79 Å². The fourth-order valence-electron chi connectivity index (χ4n) is 2.57. The lowest BCUT2D eigenvalue weighted by Gasteiger charge is -2.38. The Kier molecular flexibility index (Phi) is 8.42. The van der Waals surface area contributed by atoms with E-state index in [9.17, 15) is 9.90 Å². The molecule has 1 amide bonds. The zero-order valence-corrected chi connectivity index (χ0v) is 15.8. The van der Waals surface area contributed by atoms with Crippen LogP contribution in [-0.4, -0.2) is 73.0 Å². The number of amides is 1. The molecule has 0 saturated carbocycles. The van der Waals surface area contributed by atoms with E-state index in [1.807, 2.05) is 34.6 Å². The minimum atomic E-state index is -0.818. The van der Waals surface area contributed by atoms with Crippen molar-refractivity contribution in [2.45, 2.75) is 65.0 Å². The van der Waals surface area contributed by atoms with E-state index < -0.39 is 11.2 Å². The van der Waals surface area contributed by atoms with E-state index in [0.29, 0.717) is 52.2 Å². The lowest BCUT2D eigenvalue weighted by atomic mass is 9.91. The predicted molar refractivity (Wildman–Crippen MR) is 91.9 cm³/mol. The number of rotatable bonds is 8. The molecule has 1 fully saturated rings. The Balaban J connectivity index is 2.35. The van der Waals surface area contributed by atoms with Crippen LogP contribution < -0.4 is 5.32 Å².